The van der Waals surface area contributed by atoms with Gasteiger partial charge in [-0.15, -0.1) is 0 Å². The second-order valence-electron chi connectivity index (χ2n) is 3.15. The van der Waals surface area contributed by atoms with Crippen molar-refractivity contribution in [3.05, 3.63) is 39.3 Å². The molecule has 0 aliphatic carbocycles. The van der Waals surface area contributed by atoms with Crippen molar-refractivity contribution in [3.63, 3.8) is 0 Å². The number of hydrogen-bond donors (Lipinski definition) is 2. The molecule has 7 heteroatoms. The fourth-order valence-corrected chi connectivity index (χ4v) is 2.03. The molecule has 0 radical (unpaired) electrons. The van der Waals surface area contributed by atoms with Gasteiger partial charge in [0.2, 0.25) is 0 Å². The highest BCUT2D eigenvalue weighted by atomic mass is 79.9. The van der Waals surface area contributed by atoms with Gasteiger partial charge in [-0.25, -0.2) is 14.2 Å². The molecule has 0 bridgehead atoms. The molecule has 4 nitrogen and oxygen atoms in total. The van der Waals surface area contributed by atoms with Crippen molar-refractivity contribution in [1.82, 2.24) is 9.97 Å². The summed E-state index contributed by atoms with van der Waals surface area (Å²) in [5.74, 6) is -1.72. The van der Waals surface area contributed by atoms with Crippen LogP contribution in [0, 0.1) is 5.82 Å². The Morgan fingerprint density at radius 2 is 2.24 bits per heavy atom. The zero-order valence-electron chi connectivity index (χ0n) is 8.17. The first-order chi connectivity index (χ1) is 8.00. The number of hydrogen-bond acceptors (Lipinski definition) is 2. The van der Waals surface area contributed by atoms with E-state index in [1.165, 1.54) is 18.2 Å². The minimum absolute atomic E-state index is 0.0439. The summed E-state index contributed by atoms with van der Waals surface area (Å²) in [4.78, 5) is 17.2. The summed E-state index contributed by atoms with van der Waals surface area (Å²) >= 11 is 8.84. The lowest BCUT2D eigenvalue weighted by atomic mass is 10.2. The third-order valence-electron chi connectivity index (χ3n) is 2.06. The maximum absolute atomic E-state index is 13.6. The van der Waals surface area contributed by atoms with Gasteiger partial charge in [-0.05, 0) is 28.1 Å². The van der Waals surface area contributed by atoms with E-state index in [1.54, 1.807) is 0 Å². The predicted octanol–water partition coefficient (Wildman–Crippen LogP) is 3.33. The number of aromatic nitrogens is 2. The molecule has 0 atom stereocenters. The lowest BCUT2D eigenvalue weighted by Crippen LogP contribution is -1.97. The van der Waals surface area contributed by atoms with Crippen LogP contribution in [0.15, 0.2) is 22.8 Å². The first-order valence-corrected chi connectivity index (χ1v) is 5.61. The molecular weight excluding hydrogens is 314 g/mol. The summed E-state index contributed by atoms with van der Waals surface area (Å²) in [7, 11) is 0. The molecule has 1 aromatic heterocycles. The third-order valence-corrected chi connectivity index (χ3v) is 2.95. The van der Waals surface area contributed by atoms with Crippen LogP contribution < -0.4 is 0 Å². The van der Waals surface area contributed by atoms with Gasteiger partial charge < -0.3 is 10.1 Å². The Bertz CT molecular complexity index is 580. The molecule has 0 aliphatic rings. The lowest BCUT2D eigenvalue weighted by molar-refractivity contribution is 0.0690. The molecule has 2 aromatic rings. The average Bonchev–Trinajstić information content (AvgIpc) is 2.60. The van der Waals surface area contributed by atoms with Gasteiger partial charge in [0, 0.05) is 0 Å². The number of aromatic carboxylic acids is 1. The zero-order valence-corrected chi connectivity index (χ0v) is 10.5. The molecule has 2 N–H and O–H groups in total. The van der Waals surface area contributed by atoms with Crippen molar-refractivity contribution in [1.29, 1.82) is 0 Å². The van der Waals surface area contributed by atoms with Gasteiger partial charge in [-0.3, -0.25) is 0 Å². The van der Waals surface area contributed by atoms with Gasteiger partial charge in [0.15, 0.2) is 5.69 Å². The molecule has 2 rings (SSSR count). The maximum atomic E-state index is 13.6. The van der Waals surface area contributed by atoms with Crippen LogP contribution in [0.4, 0.5) is 4.39 Å². The summed E-state index contributed by atoms with van der Waals surface area (Å²) in [6.45, 7) is 0. The highest BCUT2D eigenvalue weighted by Crippen LogP contribution is 2.30. The fraction of sp³-hybridized carbons (Fsp3) is 0. The van der Waals surface area contributed by atoms with Crippen molar-refractivity contribution in [2.45, 2.75) is 0 Å². The normalized spacial score (nSPS) is 10.5. The van der Waals surface area contributed by atoms with Crippen molar-refractivity contribution >= 4 is 33.5 Å². The van der Waals surface area contributed by atoms with E-state index < -0.39 is 11.8 Å². The number of carbonyl (C=O) groups is 1. The molecule has 17 heavy (non-hydrogen) atoms. The van der Waals surface area contributed by atoms with Gasteiger partial charge in [0.05, 0.1) is 10.6 Å². The topological polar surface area (TPSA) is 66.0 Å². The lowest BCUT2D eigenvalue weighted by Gasteiger charge is -2.01. The van der Waals surface area contributed by atoms with Crippen LogP contribution in [0.2, 0.25) is 5.02 Å². The number of carboxylic acids is 1. The SMILES string of the molecule is O=C(O)c1nc(-c2c(F)cccc2Cl)[nH]c1Br. The van der Waals surface area contributed by atoms with Crippen molar-refractivity contribution in [2.75, 3.05) is 0 Å². The number of H-pyrrole nitrogens is 1. The van der Waals surface area contributed by atoms with E-state index in [0.29, 0.717) is 0 Å². The number of nitrogens with zero attached hydrogens (tertiary/aromatic N) is 1. The molecule has 0 aliphatic heterocycles. The monoisotopic (exact) mass is 318 g/mol. The van der Waals surface area contributed by atoms with Crippen LogP contribution in [0.25, 0.3) is 11.4 Å². The molecule has 1 heterocycles. The number of rotatable bonds is 2. The van der Waals surface area contributed by atoms with E-state index >= 15 is 0 Å². The predicted molar refractivity (Wildman–Crippen MR) is 63.7 cm³/mol. The summed E-state index contributed by atoms with van der Waals surface area (Å²) in [5.41, 5.74) is -0.179. The molecule has 0 saturated heterocycles. The Labute approximate surface area is 109 Å². The van der Waals surface area contributed by atoms with E-state index in [1.807, 2.05) is 0 Å². The van der Waals surface area contributed by atoms with Gasteiger partial charge in [0.25, 0.3) is 0 Å². The molecule has 0 spiro atoms. The Kier molecular flexibility index (Phi) is 3.17. The third kappa shape index (κ3) is 2.18. The van der Waals surface area contributed by atoms with Gasteiger partial charge in [-0.1, -0.05) is 17.7 Å². The standard InChI is InChI=1S/C10H5BrClFN2O2/c11-8-7(10(16)17)14-9(15-8)6-4(12)2-1-3-5(6)13/h1-3H,(H,14,15)(H,16,17). The van der Waals surface area contributed by atoms with E-state index in [0.717, 1.165) is 0 Å². The Hall–Kier alpha value is -1.40. The Balaban J connectivity index is 2.62. The van der Waals surface area contributed by atoms with Crippen LogP contribution in [-0.2, 0) is 0 Å². The molecule has 0 fully saturated rings. The first kappa shape index (κ1) is 12.1. The van der Waals surface area contributed by atoms with Crippen molar-refractivity contribution in [2.24, 2.45) is 0 Å². The van der Waals surface area contributed by atoms with Crippen LogP contribution in [0.5, 0.6) is 0 Å². The van der Waals surface area contributed by atoms with Gasteiger partial charge in [0.1, 0.15) is 16.2 Å². The van der Waals surface area contributed by atoms with Gasteiger partial charge >= 0.3 is 5.97 Å². The average molecular weight is 320 g/mol. The number of carboxylic acid groups (broad SMARTS) is 1. The molecule has 0 saturated carbocycles. The summed E-state index contributed by atoms with van der Waals surface area (Å²) in [6, 6.07) is 4.17. The van der Waals surface area contributed by atoms with Crippen LogP contribution in [0.3, 0.4) is 0 Å². The number of benzene rings is 1. The Morgan fingerprint density at radius 1 is 1.53 bits per heavy atom. The summed E-state index contributed by atoms with van der Waals surface area (Å²) in [5, 5.41) is 8.98. The Morgan fingerprint density at radius 3 is 2.76 bits per heavy atom. The number of halogens is 3. The maximum Gasteiger partial charge on any atom is 0.357 e. The van der Waals surface area contributed by atoms with Crippen LogP contribution in [0.1, 0.15) is 10.5 Å². The highest BCUT2D eigenvalue weighted by molar-refractivity contribution is 9.10. The van der Waals surface area contributed by atoms with Gasteiger partial charge in [-0.2, -0.15) is 0 Å². The van der Waals surface area contributed by atoms with Crippen LogP contribution >= 0.6 is 27.5 Å². The quantitative estimate of drug-likeness (QED) is 0.892. The fourth-order valence-electron chi connectivity index (χ4n) is 1.34. The molecule has 0 unspecified atom stereocenters. The molecule has 1 aromatic carbocycles. The van der Waals surface area contributed by atoms with Crippen molar-refractivity contribution in [3.8, 4) is 11.4 Å². The molecular formula is C10H5BrClFN2O2. The highest BCUT2D eigenvalue weighted by Gasteiger charge is 2.19. The second kappa shape index (κ2) is 4.46. The molecule has 0 amide bonds. The smallest absolute Gasteiger partial charge is 0.357 e. The van der Waals surface area contributed by atoms with Crippen LogP contribution in [-0.4, -0.2) is 21.0 Å². The largest absolute Gasteiger partial charge is 0.476 e. The van der Waals surface area contributed by atoms with E-state index in [9.17, 15) is 9.18 Å². The minimum Gasteiger partial charge on any atom is -0.476 e. The second-order valence-corrected chi connectivity index (χ2v) is 4.35. The number of aromatic amines is 1. The summed E-state index contributed by atoms with van der Waals surface area (Å²) in [6.07, 6.45) is 0. The first-order valence-electron chi connectivity index (χ1n) is 4.44. The van der Waals surface area contributed by atoms with E-state index in [2.05, 4.69) is 25.9 Å². The minimum atomic E-state index is -1.22. The number of imidazole rings is 1. The van der Waals surface area contributed by atoms with E-state index in [-0.39, 0.29) is 26.7 Å². The van der Waals surface area contributed by atoms with Crippen molar-refractivity contribution < 1.29 is 14.3 Å². The van der Waals surface area contributed by atoms with E-state index in [4.69, 9.17) is 16.7 Å². The molecule has 88 valence electrons. The summed E-state index contributed by atoms with van der Waals surface area (Å²) < 4.78 is 13.7. The number of nitrogens with one attached hydrogen (secondary N) is 1. The zero-order chi connectivity index (χ0) is 12.6.